The lowest BCUT2D eigenvalue weighted by Crippen LogP contribution is -2.24. The van der Waals surface area contributed by atoms with E-state index in [1.807, 2.05) is 25.1 Å². The number of primary amides is 1. The van der Waals surface area contributed by atoms with Gasteiger partial charge >= 0.3 is 0 Å². The topological polar surface area (TPSA) is 78.1 Å². The van der Waals surface area contributed by atoms with Gasteiger partial charge in [-0.15, -0.1) is 0 Å². The molecule has 5 heteroatoms. The van der Waals surface area contributed by atoms with E-state index in [4.69, 9.17) is 10.5 Å². The number of benzene rings is 1. The van der Waals surface area contributed by atoms with Gasteiger partial charge in [-0.2, -0.15) is 0 Å². The molecule has 0 aliphatic rings. The number of ether oxygens (including phenoxy) is 1. The van der Waals surface area contributed by atoms with Crippen molar-refractivity contribution in [3.8, 4) is 0 Å². The molecule has 0 atom stereocenters. The SMILES string of the molecule is COCC(C)(C)Cc1nc(C(N)=O)nc2ccc(C)cc12. The summed E-state index contributed by atoms with van der Waals surface area (Å²) in [7, 11) is 1.68. The molecule has 1 heterocycles. The lowest BCUT2D eigenvalue weighted by atomic mass is 9.87. The van der Waals surface area contributed by atoms with E-state index in [1.54, 1.807) is 7.11 Å². The van der Waals surface area contributed by atoms with Gasteiger partial charge in [0.15, 0.2) is 0 Å². The number of aromatic nitrogens is 2. The van der Waals surface area contributed by atoms with Gasteiger partial charge in [0.1, 0.15) is 0 Å². The van der Waals surface area contributed by atoms with Gasteiger partial charge in [0.25, 0.3) is 5.91 Å². The summed E-state index contributed by atoms with van der Waals surface area (Å²) in [4.78, 5) is 20.0. The standard InChI is InChI=1S/C16H21N3O2/c1-10-5-6-12-11(7-10)13(8-16(2,3)9-21-4)19-15(18-12)14(17)20/h5-7H,8-9H2,1-4H3,(H2,17,20). The molecule has 0 bridgehead atoms. The van der Waals surface area contributed by atoms with E-state index < -0.39 is 5.91 Å². The van der Waals surface area contributed by atoms with E-state index >= 15 is 0 Å². The summed E-state index contributed by atoms with van der Waals surface area (Å²) in [5.41, 5.74) is 7.95. The molecular formula is C16H21N3O2. The zero-order valence-corrected chi connectivity index (χ0v) is 12.9. The van der Waals surface area contributed by atoms with E-state index in [-0.39, 0.29) is 11.2 Å². The molecule has 1 aromatic carbocycles. The summed E-state index contributed by atoms with van der Waals surface area (Å²) in [6, 6.07) is 5.90. The average molecular weight is 287 g/mol. The van der Waals surface area contributed by atoms with Gasteiger partial charge in [-0.05, 0) is 30.9 Å². The Kier molecular flexibility index (Phi) is 4.23. The van der Waals surface area contributed by atoms with Gasteiger partial charge in [0, 0.05) is 12.5 Å². The van der Waals surface area contributed by atoms with Crippen LogP contribution in [-0.2, 0) is 11.2 Å². The molecular weight excluding hydrogens is 266 g/mol. The second kappa shape index (κ2) is 5.77. The molecule has 1 amide bonds. The maximum atomic E-state index is 11.4. The molecule has 2 N–H and O–H groups in total. The molecule has 5 nitrogen and oxygen atoms in total. The van der Waals surface area contributed by atoms with Crippen LogP contribution in [0.1, 0.15) is 35.7 Å². The first-order valence-corrected chi connectivity index (χ1v) is 6.88. The van der Waals surface area contributed by atoms with Crippen LogP contribution in [0.2, 0.25) is 0 Å². The summed E-state index contributed by atoms with van der Waals surface area (Å²) in [5.74, 6) is -0.544. The van der Waals surface area contributed by atoms with Crippen LogP contribution in [0.25, 0.3) is 10.9 Å². The highest BCUT2D eigenvalue weighted by Crippen LogP contribution is 2.26. The van der Waals surface area contributed by atoms with Gasteiger partial charge in [-0.3, -0.25) is 4.79 Å². The lowest BCUT2D eigenvalue weighted by molar-refractivity contribution is 0.0986. The first-order chi connectivity index (χ1) is 9.82. The fraction of sp³-hybridized carbons (Fsp3) is 0.438. The number of carbonyl (C=O) groups is 1. The van der Waals surface area contributed by atoms with Gasteiger partial charge < -0.3 is 10.5 Å². The Hall–Kier alpha value is -2.01. The van der Waals surface area contributed by atoms with Crippen LogP contribution in [0, 0.1) is 12.3 Å². The highest BCUT2D eigenvalue weighted by Gasteiger charge is 2.22. The van der Waals surface area contributed by atoms with Crippen LogP contribution >= 0.6 is 0 Å². The van der Waals surface area contributed by atoms with Gasteiger partial charge in [0.2, 0.25) is 5.82 Å². The third-order valence-corrected chi connectivity index (χ3v) is 3.33. The Bertz CT molecular complexity index is 681. The number of methoxy groups -OCH3 is 1. The first-order valence-electron chi connectivity index (χ1n) is 6.88. The molecule has 0 spiro atoms. The molecule has 0 fully saturated rings. The van der Waals surface area contributed by atoms with Crippen molar-refractivity contribution in [1.82, 2.24) is 9.97 Å². The highest BCUT2D eigenvalue weighted by molar-refractivity contribution is 5.92. The Morgan fingerprint density at radius 3 is 2.67 bits per heavy atom. The van der Waals surface area contributed by atoms with Crippen LogP contribution in [0.5, 0.6) is 0 Å². The number of aryl methyl sites for hydroxylation is 1. The fourth-order valence-electron chi connectivity index (χ4n) is 2.45. The molecule has 21 heavy (non-hydrogen) atoms. The van der Waals surface area contributed by atoms with Crippen LogP contribution in [0.15, 0.2) is 18.2 Å². The average Bonchev–Trinajstić information content (AvgIpc) is 2.38. The number of nitrogens with two attached hydrogens (primary N) is 1. The minimum Gasteiger partial charge on any atom is -0.384 e. The molecule has 1 aromatic heterocycles. The van der Waals surface area contributed by atoms with E-state index in [2.05, 4.69) is 23.8 Å². The molecule has 2 aromatic rings. The normalized spacial score (nSPS) is 11.8. The predicted molar refractivity (Wildman–Crippen MR) is 82.2 cm³/mol. The fourth-order valence-corrected chi connectivity index (χ4v) is 2.45. The van der Waals surface area contributed by atoms with Crippen LogP contribution in [0.4, 0.5) is 0 Å². The molecule has 0 saturated carbocycles. The maximum absolute atomic E-state index is 11.4. The van der Waals surface area contributed by atoms with Crippen LogP contribution in [-0.4, -0.2) is 29.6 Å². The number of fused-ring (bicyclic) bond motifs is 1. The van der Waals surface area contributed by atoms with Crippen molar-refractivity contribution in [3.63, 3.8) is 0 Å². The van der Waals surface area contributed by atoms with E-state index in [0.29, 0.717) is 13.0 Å². The zero-order chi connectivity index (χ0) is 15.6. The quantitative estimate of drug-likeness (QED) is 0.915. The summed E-state index contributed by atoms with van der Waals surface area (Å²) in [6.45, 7) is 6.83. The Morgan fingerprint density at radius 1 is 1.33 bits per heavy atom. The van der Waals surface area contributed by atoms with Crippen molar-refractivity contribution in [2.45, 2.75) is 27.2 Å². The van der Waals surface area contributed by atoms with Crippen molar-refractivity contribution in [2.24, 2.45) is 11.1 Å². The minimum absolute atomic E-state index is 0.0644. The largest absolute Gasteiger partial charge is 0.384 e. The second-order valence-electron chi connectivity index (χ2n) is 6.15. The number of hydrogen-bond donors (Lipinski definition) is 1. The Balaban J connectivity index is 2.58. The number of hydrogen-bond acceptors (Lipinski definition) is 4. The molecule has 0 radical (unpaired) electrons. The Morgan fingerprint density at radius 2 is 2.05 bits per heavy atom. The molecule has 112 valence electrons. The third kappa shape index (κ3) is 3.55. The van der Waals surface area contributed by atoms with E-state index in [9.17, 15) is 4.79 Å². The monoisotopic (exact) mass is 287 g/mol. The zero-order valence-electron chi connectivity index (χ0n) is 12.9. The molecule has 0 saturated heterocycles. The van der Waals surface area contributed by atoms with Crippen molar-refractivity contribution in [1.29, 1.82) is 0 Å². The summed E-state index contributed by atoms with van der Waals surface area (Å²) in [6.07, 6.45) is 0.684. The Labute approximate surface area is 124 Å². The van der Waals surface area contributed by atoms with Gasteiger partial charge in [0.05, 0.1) is 17.8 Å². The number of amides is 1. The molecule has 0 aliphatic carbocycles. The summed E-state index contributed by atoms with van der Waals surface area (Å²) < 4.78 is 5.26. The third-order valence-electron chi connectivity index (χ3n) is 3.33. The van der Waals surface area contributed by atoms with E-state index in [1.165, 1.54) is 0 Å². The second-order valence-corrected chi connectivity index (χ2v) is 6.15. The van der Waals surface area contributed by atoms with Crippen molar-refractivity contribution in [2.75, 3.05) is 13.7 Å². The van der Waals surface area contributed by atoms with Gasteiger partial charge in [-0.1, -0.05) is 25.5 Å². The molecule has 0 aliphatic heterocycles. The smallest absolute Gasteiger partial charge is 0.286 e. The van der Waals surface area contributed by atoms with E-state index in [0.717, 1.165) is 22.2 Å². The lowest BCUT2D eigenvalue weighted by Gasteiger charge is -2.23. The summed E-state index contributed by atoms with van der Waals surface area (Å²) in [5, 5.41) is 0.962. The number of rotatable bonds is 5. The van der Waals surface area contributed by atoms with Crippen molar-refractivity contribution >= 4 is 16.8 Å². The van der Waals surface area contributed by atoms with Crippen molar-refractivity contribution < 1.29 is 9.53 Å². The maximum Gasteiger partial charge on any atom is 0.286 e. The van der Waals surface area contributed by atoms with Crippen LogP contribution in [0.3, 0.4) is 0 Å². The molecule has 2 rings (SSSR count). The van der Waals surface area contributed by atoms with Crippen molar-refractivity contribution in [3.05, 3.63) is 35.3 Å². The van der Waals surface area contributed by atoms with Crippen LogP contribution < -0.4 is 5.73 Å². The minimum atomic E-state index is -0.608. The molecule has 0 unspecified atom stereocenters. The van der Waals surface area contributed by atoms with Gasteiger partial charge in [-0.25, -0.2) is 9.97 Å². The number of carbonyl (C=O) groups excluding carboxylic acids is 1. The number of nitrogens with zero attached hydrogens (tertiary/aromatic N) is 2. The first kappa shape index (κ1) is 15.4. The predicted octanol–water partition coefficient (Wildman–Crippen LogP) is 2.25. The highest BCUT2D eigenvalue weighted by atomic mass is 16.5. The summed E-state index contributed by atoms with van der Waals surface area (Å²) >= 11 is 0.